The van der Waals surface area contributed by atoms with Gasteiger partial charge in [-0.3, -0.25) is 9.69 Å². The van der Waals surface area contributed by atoms with E-state index in [2.05, 4.69) is 0 Å². The van der Waals surface area contributed by atoms with E-state index in [1.807, 2.05) is 18.2 Å². The number of amides is 1. The summed E-state index contributed by atoms with van der Waals surface area (Å²) >= 11 is 5.87. The first-order valence-corrected chi connectivity index (χ1v) is 6.48. The predicted octanol–water partition coefficient (Wildman–Crippen LogP) is 2.53. The molecule has 1 unspecified atom stereocenters. The van der Waals surface area contributed by atoms with Crippen LogP contribution in [0.3, 0.4) is 0 Å². The van der Waals surface area contributed by atoms with Crippen LogP contribution >= 0.6 is 11.6 Å². The molecule has 1 N–H and O–H groups in total. The highest BCUT2D eigenvalue weighted by atomic mass is 35.5. The molecule has 3 nitrogen and oxygen atoms in total. The Balaban J connectivity index is 2.27. The van der Waals surface area contributed by atoms with Crippen LogP contribution in [0.5, 0.6) is 0 Å². The van der Waals surface area contributed by atoms with E-state index in [-0.39, 0.29) is 11.9 Å². The van der Waals surface area contributed by atoms with Gasteiger partial charge < -0.3 is 5.11 Å². The smallest absolute Gasteiger partial charge is 0.258 e. The van der Waals surface area contributed by atoms with Crippen LogP contribution in [0.1, 0.15) is 21.5 Å². The standard InChI is InChI=1S/C15H12ClNO2/c16-10-17-14(18)12-8-4-5-9-13(12)15(17,19)11-6-2-1-3-7-11/h1-9,19H,10H2. The maximum Gasteiger partial charge on any atom is 0.258 e. The molecule has 1 aliphatic rings. The second kappa shape index (κ2) is 4.37. The number of carbonyl (C=O) groups is 1. The Bertz CT molecular complexity index is 629. The zero-order chi connectivity index (χ0) is 13.5. The van der Waals surface area contributed by atoms with Crippen LogP contribution in [-0.4, -0.2) is 21.9 Å². The Labute approximate surface area is 116 Å². The molecule has 0 saturated carbocycles. The fraction of sp³-hybridized carbons (Fsp3) is 0.133. The summed E-state index contributed by atoms with van der Waals surface area (Å²) in [5.41, 5.74) is 0.215. The number of rotatable bonds is 2. The van der Waals surface area contributed by atoms with Crippen LogP contribution in [0.25, 0.3) is 0 Å². The van der Waals surface area contributed by atoms with E-state index in [1.54, 1.807) is 36.4 Å². The summed E-state index contributed by atoms with van der Waals surface area (Å²) < 4.78 is 0. The van der Waals surface area contributed by atoms with Gasteiger partial charge in [0.25, 0.3) is 5.91 Å². The van der Waals surface area contributed by atoms with Gasteiger partial charge >= 0.3 is 0 Å². The highest BCUT2D eigenvalue weighted by Crippen LogP contribution is 2.41. The normalized spacial score (nSPS) is 21.6. The molecule has 1 atom stereocenters. The summed E-state index contributed by atoms with van der Waals surface area (Å²) in [6.45, 7) is 0. The molecular weight excluding hydrogens is 262 g/mol. The Hall–Kier alpha value is -1.84. The molecule has 1 amide bonds. The second-order valence-corrected chi connectivity index (χ2v) is 4.68. The topological polar surface area (TPSA) is 40.5 Å². The fourth-order valence-corrected chi connectivity index (χ4v) is 2.82. The third-order valence-corrected chi connectivity index (χ3v) is 3.70. The number of alkyl halides is 1. The lowest BCUT2D eigenvalue weighted by atomic mass is 9.94. The lowest BCUT2D eigenvalue weighted by molar-refractivity contribution is -0.0410. The molecule has 0 aliphatic carbocycles. The number of hydrogen-bond acceptors (Lipinski definition) is 2. The third-order valence-electron chi connectivity index (χ3n) is 3.46. The second-order valence-electron chi connectivity index (χ2n) is 4.44. The molecule has 0 spiro atoms. The predicted molar refractivity (Wildman–Crippen MR) is 72.8 cm³/mol. The van der Waals surface area contributed by atoms with Crippen molar-refractivity contribution >= 4 is 17.5 Å². The van der Waals surface area contributed by atoms with Crippen LogP contribution < -0.4 is 0 Å². The Morgan fingerprint density at radius 1 is 1.05 bits per heavy atom. The third kappa shape index (κ3) is 1.59. The lowest BCUT2D eigenvalue weighted by Gasteiger charge is -2.33. The average molecular weight is 274 g/mol. The fourth-order valence-electron chi connectivity index (χ4n) is 2.53. The van der Waals surface area contributed by atoms with Crippen LogP contribution in [0.15, 0.2) is 54.6 Å². The van der Waals surface area contributed by atoms with E-state index in [0.29, 0.717) is 16.7 Å². The zero-order valence-electron chi connectivity index (χ0n) is 10.1. The van der Waals surface area contributed by atoms with Gasteiger partial charge in [-0.25, -0.2) is 0 Å². The van der Waals surface area contributed by atoms with Crippen LogP contribution in [0, 0.1) is 0 Å². The number of carbonyl (C=O) groups excluding carboxylic acids is 1. The van der Waals surface area contributed by atoms with Crippen molar-refractivity contribution in [3.8, 4) is 0 Å². The van der Waals surface area contributed by atoms with Crippen LogP contribution in [0.2, 0.25) is 0 Å². The number of fused-ring (bicyclic) bond motifs is 1. The number of halogens is 1. The minimum Gasteiger partial charge on any atom is -0.363 e. The summed E-state index contributed by atoms with van der Waals surface area (Å²) in [6.07, 6.45) is 0. The Morgan fingerprint density at radius 3 is 2.37 bits per heavy atom. The zero-order valence-corrected chi connectivity index (χ0v) is 10.8. The SMILES string of the molecule is O=C1c2ccccc2C(O)(c2ccccc2)N1CCl. The molecule has 2 aromatic rings. The Morgan fingerprint density at radius 2 is 1.68 bits per heavy atom. The molecule has 4 heteroatoms. The van der Waals surface area contributed by atoms with E-state index in [0.717, 1.165) is 0 Å². The van der Waals surface area contributed by atoms with Crippen molar-refractivity contribution < 1.29 is 9.90 Å². The van der Waals surface area contributed by atoms with Crippen LogP contribution in [-0.2, 0) is 5.72 Å². The van der Waals surface area contributed by atoms with E-state index < -0.39 is 5.72 Å². The molecule has 0 fully saturated rings. The van der Waals surface area contributed by atoms with E-state index in [4.69, 9.17) is 11.6 Å². The largest absolute Gasteiger partial charge is 0.363 e. The molecule has 3 rings (SSSR count). The molecule has 96 valence electrons. The minimum atomic E-state index is -1.49. The Kier molecular flexibility index (Phi) is 2.81. The summed E-state index contributed by atoms with van der Waals surface area (Å²) in [4.78, 5) is 13.6. The van der Waals surface area contributed by atoms with Crippen molar-refractivity contribution in [2.75, 3.05) is 6.00 Å². The van der Waals surface area contributed by atoms with Gasteiger partial charge in [0.2, 0.25) is 0 Å². The van der Waals surface area contributed by atoms with Crippen LogP contribution in [0.4, 0.5) is 0 Å². The van der Waals surface area contributed by atoms with Gasteiger partial charge in [-0.15, -0.1) is 11.6 Å². The highest BCUT2D eigenvalue weighted by Gasteiger charge is 2.49. The van der Waals surface area contributed by atoms with Gasteiger partial charge in [-0.1, -0.05) is 48.5 Å². The quantitative estimate of drug-likeness (QED) is 0.675. The van der Waals surface area contributed by atoms with Crippen molar-refractivity contribution in [3.05, 3.63) is 71.3 Å². The lowest BCUT2D eigenvalue weighted by Crippen LogP contribution is -2.43. The van der Waals surface area contributed by atoms with Gasteiger partial charge in [0.1, 0.15) is 0 Å². The molecule has 0 bridgehead atoms. The van der Waals surface area contributed by atoms with Gasteiger partial charge in [-0.2, -0.15) is 0 Å². The van der Waals surface area contributed by atoms with Crippen molar-refractivity contribution in [1.82, 2.24) is 4.90 Å². The molecule has 1 heterocycles. The number of aliphatic hydroxyl groups is 1. The number of nitrogens with zero attached hydrogens (tertiary/aromatic N) is 1. The van der Waals surface area contributed by atoms with E-state index in [1.165, 1.54) is 4.90 Å². The molecule has 0 radical (unpaired) electrons. The maximum absolute atomic E-state index is 12.3. The van der Waals surface area contributed by atoms with Crippen molar-refractivity contribution in [1.29, 1.82) is 0 Å². The molecule has 19 heavy (non-hydrogen) atoms. The van der Waals surface area contributed by atoms with E-state index in [9.17, 15) is 9.90 Å². The first-order chi connectivity index (χ1) is 9.19. The molecule has 2 aromatic carbocycles. The summed E-state index contributed by atoms with van der Waals surface area (Å²) in [6, 6.07) is 16.1. The summed E-state index contributed by atoms with van der Waals surface area (Å²) in [7, 11) is 0. The van der Waals surface area contributed by atoms with Crippen molar-refractivity contribution in [2.24, 2.45) is 0 Å². The summed E-state index contributed by atoms with van der Waals surface area (Å²) in [5.74, 6) is -0.253. The minimum absolute atomic E-state index is 0.0705. The van der Waals surface area contributed by atoms with Crippen molar-refractivity contribution in [2.45, 2.75) is 5.72 Å². The summed E-state index contributed by atoms with van der Waals surface area (Å²) in [5, 5.41) is 11.1. The average Bonchev–Trinajstić information content (AvgIpc) is 2.70. The number of benzene rings is 2. The number of hydrogen-bond donors (Lipinski definition) is 1. The molecule has 0 aromatic heterocycles. The van der Waals surface area contributed by atoms with Gasteiger partial charge in [0.15, 0.2) is 5.72 Å². The maximum atomic E-state index is 12.3. The van der Waals surface area contributed by atoms with Gasteiger partial charge in [0, 0.05) is 16.7 Å². The first kappa shape index (κ1) is 12.2. The van der Waals surface area contributed by atoms with Crippen molar-refractivity contribution in [3.63, 3.8) is 0 Å². The molecule has 0 saturated heterocycles. The monoisotopic (exact) mass is 273 g/mol. The first-order valence-electron chi connectivity index (χ1n) is 5.95. The van der Waals surface area contributed by atoms with Gasteiger partial charge in [0.05, 0.1) is 6.00 Å². The van der Waals surface area contributed by atoms with E-state index >= 15 is 0 Å². The molecule has 1 aliphatic heterocycles. The van der Waals surface area contributed by atoms with Gasteiger partial charge in [-0.05, 0) is 6.07 Å². The highest BCUT2D eigenvalue weighted by molar-refractivity contribution is 6.19. The molecular formula is C15H12ClNO2.